The van der Waals surface area contributed by atoms with Crippen LogP contribution in [0.25, 0.3) is 11.1 Å². The zero-order valence-corrected chi connectivity index (χ0v) is 11.2. The van der Waals surface area contributed by atoms with E-state index in [0.717, 1.165) is 21.7 Å². The van der Waals surface area contributed by atoms with Crippen molar-refractivity contribution in [2.45, 2.75) is 0 Å². The Hall–Kier alpha value is -1.80. The molecule has 0 bridgehead atoms. The monoisotopic (exact) mass is 258 g/mol. The summed E-state index contributed by atoms with van der Waals surface area (Å²) in [4.78, 5) is 0. The number of rotatable bonds is 3. The van der Waals surface area contributed by atoms with Crippen molar-refractivity contribution in [3.63, 3.8) is 0 Å². The molecule has 0 heterocycles. The molecule has 0 unspecified atom stereocenters. The van der Waals surface area contributed by atoms with Crippen molar-refractivity contribution in [1.29, 1.82) is 0 Å². The Labute approximate surface area is 113 Å². The molecule has 0 spiro atoms. The first kappa shape index (κ1) is 12.7. The van der Waals surface area contributed by atoms with Gasteiger partial charge in [0.2, 0.25) is 0 Å². The van der Waals surface area contributed by atoms with Crippen LogP contribution in [-0.2, 0) is 0 Å². The minimum absolute atomic E-state index is 0.717. The lowest BCUT2D eigenvalue weighted by Gasteiger charge is -2.08. The smallest absolute Gasteiger partial charge is 0.0549 e. The lowest BCUT2D eigenvalue weighted by atomic mass is 10.0. The fourth-order valence-electron chi connectivity index (χ4n) is 1.70. The maximum atomic E-state index is 6.04. The maximum absolute atomic E-state index is 6.04. The van der Waals surface area contributed by atoms with Crippen LogP contribution in [0.15, 0.2) is 53.6 Å². The molecule has 0 aliphatic carbocycles. The van der Waals surface area contributed by atoms with Gasteiger partial charge in [0.15, 0.2) is 0 Å². The van der Waals surface area contributed by atoms with E-state index >= 15 is 0 Å². The molecule has 0 aromatic heterocycles. The zero-order valence-electron chi connectivity index (χ0n) is 10.5. The highest BCUT2D eigenvalue weighted by Gasteiger charge is 2.04. The predicted molar refractivity (Wildman–Crippen MR) is 78.2 cm³/mol. The number of hydrogen-bond donors (Lipinski definition) is 0. The van der Waals surface area contributed by atoms with Gasteiger partial charge in [-0.15, -0.1) is 0 Å². The molecule has 0 atom stereocenters. The van der Waals surface area contributed by atoms with Crippen molar-refractivity contribution in [2.24, 2.45) is 5.10 Å². The molecule has 0 aliphatic rings. The molecular weight excluding hydrogens is 244 g/mol. The minimum Gasteiger partial charge on any atom is -0.303 e. The van der Waals surface area contributed by atoms with Gasteiger partial charge >= 0.3 is 0 Å². The Morgan fingerprint density at radius 1 is 1.06 bits per heavy atom. The molecule has 2 nitrogen and oxygen atoms in total. The van der Waals surface area contributed by atoms with Crippen LogP contribution in [0.4, 0.5) is 0 Å². The fraction of sp³-hybridized carbons (Fsp3) is 0.133. The molecule has 0 N–H and O–H groups in total. The zero-order chi connectivity index (χ0) is 13.0. The van der Waals surface area contributed by atoms with Crippen LogP contribution in [0.2, 0.25) is 5.02 Å². The Morgan fingerprint density at radius 2 is 1.78 bits per heavy atom. The second-order valence-electron chi connectivity index (χ2n) is 4.19. The molecule has 92 valence electrons. The van der Waals surface area contributed by atoms with Gasteiger partial charge in [-0.3, -0.25) is 0 Å². The molecule has 0 amide bonds. The highest BCUT2D eigenvalue weighted by Crippen LogP contribution is 2.25. The summed E-state index contributed by atoms with van der Waals surface area (Å²) in [5.74, 6) is 0. The van der Waals surface area contributed by atoms with Gasteiger partial charge in [0.25, 0.3) is 0 Å². The molecule has 2 aromatic rings. The minimum atomic E-state index is 0.717. The normalized spacial score (nSPS) is 10.8. The average Bonchev–Trinajstić information content (AvgIpc) is 2.37. The van der Waals surface area contributed by atoms with E-state index in [1.807, 2.05) is 56.7 Å². The van der Waals surface area contributed by atoms with Crippen molar-refractivity contribution in [3.05, 3.63) is 59.1 Å². The van der Waals surface area contributed by atoms with Crippen LogP contribution in [0, 0.1) is 0 Å². The third kappa shape index (κ3) is 3.11. The van der Waals surface area contributed by atoms with Crippen molar-refractivity contribution in [2.75, 3.05) is 14.1 Å². The lowest BCUT2D eigenvalue weighted by molar-refractivity contribution is 0.440. The van der Waals surface area contributed by atoms with E-state index in [9.17, 15) is 0 Å². The Bertz CT molecular complexity index is 548. The second kappa shape index (κ2) is 5.69. The highest BCUT2D eigenvalue weighted by molar-refractivity contribution is 6.31. The van der Waals surface area contributed by atoms with Crippen molar-refractivity contribution >= 4 is 17.8 Å². The van der Waals surface area contributed by atoms with Crippen LogP contribution < -0.4 is 0 Å². The Balaban J connectivity index is 2.47. The SMILES string of the molecule is CN(C)/N=C/c1cc(Cl)ccc1-c1ccccc1. The van der Waals surface area contributed by atoms with E-state index in [1.165, 1.54) is 0 Å². The van der Waals surface area contributed by atoms with E-state index in [-0.39, 0.29) is 0 Å². The molecule has 0 radical (unpaired) electrons. The molecule has 3 heteroatoms. The second-order valence-corrected chi connectivity index (χ2v) is 4.63. The molecule has 18 heavy (non-hydrogen) atoms. The largest absolute Gasteiger partial charge is 0.303 e. The molecule has 0 fully saturated rings. The van der Waals surface area contributed by atoms with E-state index in [1.54, 1.807) is 5.01 Å². The number of benzene rings is 2. The molecule has 0 saturated carbocycles. The van der Waals surface area contributed by atoms with E-state index in [0.29, 0.717) is 0 Å². The highest BCUT2D eigenvalue weighted by atomic mass is 35.5. The van der Waals surface area contributed by atoms with Gasteiger partial charge in [-0.05, 0) is 23.3 Å². The third-order valence-electron chi connectivity index (χ3n) is 2.53. The topological polar surface area (TPSA) is 15.6 Å². The van der Waals surface area contributed by atoms with Crippen molar-refractivity contribution in [3.8, 4) is 11.1 Å². The van der Waals surface area contributed by atoms with Crippen molar-refractivity contribution in [1.82, 2.24) is 5.01 Å². The summed E-state index contributed by atoms with van der Waals surface area (Å²) in [5.41, 5.74) is 3.31. The van der Waals surface area contributed by atoms with Crippen LogP contribution in [0.1, 0.15) is 5.56 Å². The molecule has 2 aromatic carbocycles. The summed E-state index contributed by atoms with van der Waals surface area (Å²) in [6.07, 6.45) is 1.83. The summed E-state index contributed by atoms with van der Waals surface area (Å²) < 4.78 is 0. The van der Waals surface area contributed by atoms with Crippen LogP contribution in [0.3, 0.4) is 0 Å². The first-order valence-electron chi connectivity index (χ1n) is 5.73. The van der Waals surface area contributed by atoms with Crippen molar-refractivity contribution < 1.29 is 0 Å². The first-order valence-corrected chi connectivity index (χ1v) is 6.11. The number of halogens is 1. The van der Waals surface area contributed by atoms with Gasteiger partial charge in [0.1, 0.15) is 0 Å². The fourth-order valence-corrected chi connectivity index (χ4v) is 1.88. The Kier molecular flexibility index (Phi) is 4.00. The van der Waals surface area contributed by atoms with Gasteiger partial charge in [0.05, 0.1) is 6.21 Å². The van der Waals surface area contributed by atoms with Gasteiger partial charge in [-0.25, -0.2) is 0 Å². The summed E-state index contributed by atoms with van der Waals surface area (Å²) in [6, 6.07) is 16.1. The van der Waals surface area contributed by atoms with Crippen LogP contribution in [-0.4, -0.2) is 25.3 Å². The maximum Gasteiger partial charge on any atom is 0.0549 e. The van der Waals surface area contributed by atoms with Gasteiger partial charge in [-0.2, -0.15) is 5.10 Å². The molecule has 0 aliphatic heterocycles. The van der Waals surface area contributed by atoms with Gasteiger partial charge in [0, 0.05) is 24.7 Å². The standard InChI is InChI=1S/C15H15ClN2/c1-18(2)17-11-13-10-14(16)8-9-15(13)12-6-4-3-5-7-12/h3-11H,1-2H3/b17-11+. The van der Waals surface area contributed by atoms with Gasteiger partial charge < -0.3 is 5.01 Å². The number of nitrogens with zero attached hydrogens (tertiary/aromatic N) is 2. The average molecular weight is 259 g/mol. The summed E-state index contributed by atoms with van der Waals surface area (Å²) in [6.45, 7) is 0. The first-order chi connectivity index (χ1) is 8.66. The summed E-state index contributed by atoms with van der Waals surface area (Å²) in [5, 5.41) is 6.75. The van der Waals surface area contributed by atoms with Crippen LogP contribution in [0.5, 0.6) is 0 Å². The molecule has 2 rings (SSSR count). The Morgan fingerprint density at radius 3 is 2.44 bits per heavy atom. The summed E-state index contributed by atoms with van der Waals surface area (Å²) >= 11 is 6.04. The predicted octanol–water partition coefficient (Wildman–Crippen LogP) is 3.90. The van der Waals surface area contributed by atoms with E-state index in [2.05, 4.69) is 17.2 Å². The molecule has 0 saturated heterocycles. The van der Waals surface area contributed by atoms with Crippen LogP contribution >= 0.6 is 11.6 Å². The molecular formula is C15H15ClN2. The lowest BCUT2D eigenvalue weighted by Crippen LogP contribution is -2.02. The van der Waals surface area contributed by atoms with E-state index in [4.69, 9.17) is 11.6 Å². The third-order valence-corrected chi connectivity index (χ3v) is 2.76. The van der Waals surface area contributed by atoms with Gasteiger partial charge in [-0.1, -0.05) is 48.0 Å². The summed E-state index contributed by atoms with van der Waals surface area (Å²) in [7, 11) is 3.78. The number of hydrogen-bond acceptors (Lipinski definition) is 2. The quantitative estimate of drug-likeness (QED) is 0.602. The van der Waals surface area contributed by atoms with E-state index < -0.39 is 0 Å². The number of hydrazone groups is 1.